The molecular formula is C26H28ClN3O5. The van der Waals surface area contributed by atoms with Gasteiger partial charge in [-0.05, 0) is 69.7 Å². The Hall–Kier alpha value is -3.65. The van der Waals surface area contributed by atoms with E-state index in [0.717, 1.165) is 5.56 Å². The van der Waals surface area contributed by atoms with Crippen molar-refractivity contribution < 1.29 is 23.9 Å². The van der Waals surface area contributed by atoms with E-state index >= 15 is 0 Å². The number of aromatic nitrogens is 2. The van der Waals surface area contributed by atoms with Crippen molar-refractivity contribution in [2.75, 3.05) is 13.2 Å². The summed E-state index contributed by atoms with van der Waals surface area (Å²) in [5.74, 6) is -1.35. The second-order valence-corrected chi connectivity index (χ2v) is 8.27. The highest BCUT2D eigenvalue weighted by Crippen LogP contribution is 2.20. The summed E-state index contributed by atoms with van der Waals surface area (Å²) in [6.07, 6.45) is 0.266. The van der Waals surface area contributed by atoms with E-state index in [1.807, 2.05) is 0 Å². The number of benzene rings is 2. The van der Waals surface area contributed by atoms with Gasteiger partial charge in [-0.1, -0.05) is 23.7 Å². The van der Waals surface area contributed by atoms with Crippen LogP contribution >= 0.6 is 11.6 Å². The summed E-state index contributed by atoms with van der Waals surface area (Å²) in [6.45, 7) is 7.47. The zero-order valence-electron chi connectivity index (χ0n) is 20.1. The smallest absolute Gasteiger partial charge is 0.341 e. The first kappa shape index (κ1) is 26.0. The molecule has 3 aromatic rings. The molecule has 0 radical (unpaired) electrons. The van der Waals surface area contributed by atoms with Crippen LogP contribution in [0.15, 0.2) is 48.5 Å². The van der Waals surface area contributed by atoms with Crippen LogP contribution in [0.25, 0.3) is 5.69 Å². The van der Waals surface area contributed by atoms with E-state index in [9.17, 15) is 14.4 Å². The molecule has 8 nitrogen and oxygen atoms in total. The second kappa shape index (κ2) is 11.7. The molecule has 0 saturated heterocycles. The lowest BCUT2D eigenvalue weighted by Crippen LogP contribution is -2.43. The molecule has 0 aliphatic rings. The van der Waals surface area contributed by atoms with Crippen LogP contribution in [0.5, 0.6) is 0 Å². The maximum atomic E-state index is 12.9. The first-order valence-corrected chi connectivity index (χ1v) is 11.7. The third kappa shape index (κ3) is 6.27. The quantitative estimate of drug-likeness (QED) is 0.444. The number of nitrogens with zero attached hydrogens (tertiary/aromatic N) is 2. The number of carbonyl (C=O) groups is 3. The molecule has 1 heterocycles. The number of hydrogen-bond donors (Lipinski definition) is 1. The zero-order chi connectivity index (χ0) is 25.5. The van der Waals surface area contributed by atoms with E-state index in [4.69, 9.17) is 21.1 Å². The monoisotopic (exact) mass is 497 g/mol. The minimum Gasteiger partial charge on any atom is -0.464 e. The molecule has 1 unspecified atom stereocenters. The van der Waals surface area contributed by atoms with Gasteiger partial charge in [0.1, 0.15) is 11.6 Å². The summed E-state index contributed by atoms with van der Waals surface area (Å²) in [5, 5.41) is 7.80. The highest BCUT2D eigenvalue weighted by molar-refractivity contribution is 6.30. The van der Waals surface area contributed by atoms with Crippen LogP contribution in [0.1, 0.15) is 51.5 Å². The maximum Gasteiger partial charge on any atom is 0.341 e. The molecular weight excluding hydrogens is 470 g/mol. The predicted molar refractivity (Wildman–Crippen MR) is 132 cm³/mol. The van der Waals surface area contributed by atoms with Crippen molar-refractivity contribution in [1.29, 1.82) is 0 Å². The molecule has 1 N–H and O–H groups in total. The van der Waals surface area contributed by atoms with Gasteiger partial charge in [0.25, 0.3) is 5.91 Å². The molecule has 35 heavy (non-hydrogen) atoms. The van der Waals surface area contributed by atoms with Crippen molar-refractivity contribution in [3.05, 3.63) is 81.6 Å². The number of nitrogens with one attached hydrogen (secondary N) is 1. The molecule has 0 aliphatic heterocycles. The molecule has 1 amide bonds. The molecule has 184 valence electrons. The predicted octanol–water partition coefficient (Wildman–Crippen LogP) is 4.22. The number of ether oxygens (including phenoxy) is 2. The molecule has 2 aromatic carbocycles. The Morgan fingerprint density at radius 1 is 0.971 bits per heavy atom. The highest BCUT2D eigenvalue weighted by atomic mass is 35.5. The SMILES string of the molecule is CCOC(=O)c1c(C)nn(-c2ccc(C(=O)NC(Cc3ccc(Cl)cc3)C(=O)OCC)cc2)c1C. The Bertz CT molecular complexity index is 1200. The summed E-state index contributed by atoms with van der Waals surface area (Å²) < 4.78 is 11.9. The Balaban J connectivity index is 1.78. The number of aryl methyl sites for hydroxylation is 1. The number of hydrogen-bond acceptors (Lipinski definition) is 6. The first-order valence-electron chi connectivity index (χ1n) is 11.3. The van der Waals surface area contributed by atoms with Gasteiger partial charge >= 0.3 is 11.9 Å². The van der Waals surface area contributed by atoms with Gasteiger partial charge in [-0.2, -0.15) is 5.10 Å². The Kier molecular flexibility index (Phi) is 8.65. The number of carbonyl (C=O) groups excluding carboxylic acids is 3. The summed E-state index contributed by atoms with van der Waals surface area (Å²) >= 11 is 5.94. The van der Waals surface area contributed by atoms with Crippen LogP contribution in [0, 0.1) is 13.8 Å². The molecule has 1 atom stereocenters. The lowest BCUT2D eigenvalue weighted by molar-refractivity contribution is -0.145. The van der Waals surface area contributed by atoms with Gasteiger partial charge in [-0.25, -0.2) is 14.3 Å². The van der Waals surface area contributed by atoms with Gasteiger partial charge in [-0.3, -0.25) is 4.79 Å². The van der Waals surface area contributed by atoms with Gasteiger partial charge in [0, 0.05) is 17.0 Å². The van der Waals surface area contributed by atoms with Crippen molar-refractivity contribution in [2.24, 2.45) is 0 Å². The van der Waals surface area contributed by atoms with E-state index in [1.54, 1.807) is 80.9 Å². The molecule has 1 aromatic heterocycles. The fourth-order valence-corrected chi connectivity index (χ4v) is 3.81. The number of rotatable bonds is 9. The van der Waals surface area contributed by atoms with Crippen LogP contribution in [0.4, 0.5) is 0 Å². The average molecular weight is 498 g/mol. The van der Waals surface area contributed by atoms with Gasteiger partial charge in [-0.15, -0.1) is 0 Å². The van der Waals surface area contributed by atoms with Crippen LogP contribution < -0.4 is 5.32 Å². The molecule has 3 rings (SSSR count). The first-order chi connectivity index (χ1) is 16.7. The van der Waals surface area contributed by atoms with Crippen LogP contribution in [-0.4, -0.2) is 46.9 Å². The number of amides is 1. The summed E-state index contributed by atoms with van der Waals surface area (Å²) in [7, 11) is 0. The minimum atomic E-state index is -0.855. The third-order valence-electron chi connectivity index (χ3n) is 5.37. The number of esters is 2. The zero-order valence-corrected chi connectivity index (χ0v) is 20.9. The van der Waals surface area contributed by atoms with Crippen molar-refractivity contribution in [2.45, 2.75) is 40.2 Å². The lowest BCUT2D eigenvalue weighted by Gasteiger charge is -2.18. The minimum absolute atomic E-state index is 0.205. The largest absolute Gasteiger partial charge is 0.464 e. The maximum absolute atomic E-state index is 12.9. The van der Waals surface area contributed by atoms with Gasteiger partial charge in [0.2, 0.25) is 0 Å². The molecule has 9 heteroatoms. The highest BCUT2D eigenvalue weighted by Gasteiger charge is 2.24. The van der Waals surface area contributed by atoms with E-state index in [-0.39, 0.29) is 19.6 Å². The Labute approximate surface area is 209 Å². The Morgan fingerprint density at radius 3 is 2.20 bits per heavy atom. The summed E-state index contributed by atoms with van der Waals surface area (Å²) in [5.41, 5.74) is 3.51. The molecule has 0 bridgehead atoms. The lowest BCUT2D eigenvalue weighted by atomic mass is 10.1. The Morgan fingerprint density at radius 2 is 1.60 bits per heavy atom. The van der Waals surface area contributed by atoms with E-state index in [2.05, 4.69) is 10.4 Å². The third-order valence-corrected chi connectivity index (χ3v) is 5.63. The number of halogens is 1. The molecule has 0 fully saturated rings. The molecule has 0 saturated carbocycles. The summed E-state index contributed by atoms with van der Waals surface area (Å²) in [4.78, 5) is 37.7. The normalized spacial score (nSPS) is 11.6. The van der Waals surface area contributed by atoms with Crippen molar-refractivity contribution in [3.63, 3.8) is 0 Å². The van der Waals surface area contributed by atoms with Crippen LogP contribution in [0.3, 0.4) is 0 Å². The van der Waals surface area contributed by atoms with E-state index in [0.29, 0.717) is 33.2 Å². The van der Waals surface area contributed by atoms with E-state index in [1.165, 1.54) is 0 Å². The van der Waals surface area contributed by atoms with E-state index < -0.39 is 23.9 Å². The van der Waals surface area contributed by atoms with Crippen LogP contribution in [-0.2, 0) is 20.7 Å². The van der Waals surface area contributed by atoms with Gasteiger partial charge in [0.15, 0.2) is 0 Å². The van der Waals surface area contributed by atoms with Crippen molar-refractivity contribution in [1.82, 2.24) is 15.1 Å². The van der Waals surface area contributed by atoms with Gasteiger partial charge in [0.05, 0.1) is 30.3 Å². The average Bonchev–Trinajstić information content (AvgIpc) is 3.14. The summed E-state index contributed by atoms with van der Waals surface area (Å²) in [6, 6.07) is 12.9. The van der Waals surface area contributed by atoms with Crippen molar-refractivity contribution in [3.8, 4) is 5.69 Å². The standard InChI is InChI=1S/C26H28ClN3O5/c1-5-34-25(32)22(15-18-7-11-20(27)12-8-18)28-24(31)19-9-13-21(14-10-19)30-17(4)23(16(3)29-30)26(33)35-6-2/h7-14,22H,5-6,15H2,1-4H3,(H,28,31). The molecule has 0 aliphatic carbocycles. The molecule has 0 spiro atoms. The second-order valence-electron chi connectivity index (χ2n) is 7.83. The fourth-order valence-electron chi connectivity index (χ4n) is 3.68. The van der Waals surface area contributed by atoms with Crippen molar-refractivity contribution >= 4 is 29.4 Å². The fraction of sp³-hybridized carbons (Fsp3) is 0.308. The van der Waals surface area contributed by atoms with Crippen LogP contribution in [0.2, 0.25) is 5.02 Å². The van der Waals surface area contributed by atoms with Gasteiger partial charge < -0.3 is 14.8 Å². The topological polar surface area (TPSA) is 99.5 Å².